The van der Waals surface area contributed by atoms with Crippen molar-refractivity contribution in [3.05, 3.63) is 76.7 Å². The first-order valence-corrected chi connectivity index (χ1v) is 12.7. The Hall–Kier alpha value is -4.18. The lowest BCUT2D eigenvalue weighted by molar-refractivity contribution is -0.122. The van der Waals surface area contributed by atoms with Crippen LogP contribution in [0.4, 0.5) is 11.4 Å². The third kappa shape index (κ3) is 5.34. The van der Waals surface area contributed by atoms with Gasteiger partial charge >= 0.3 is 0 Å². The number of nitrogens with one attached hydrogen (secondary N) is 1. The second kappa shape index (κ2) is 10.8. The molecular weight excluding hydrogens is 490 g/mol. The van der Waals surface area contributed by atoms with Gasteiger partial charge in [0.25, 0.3) is 17.7 Å². The van der Waals surface area contributed by atoms with Gasteiger partial charge in [-0.3, -0.25) is 19.3 Å². The number of nitrogens with zero attached hydrogens (tertiary/aromatic N) is 2. The largest absolute Gasteiger partial charge is 0.464 e. The van der Waals surface area contributed by atoms with Crippen molar-refractivity contribution in [2.24, 2.45) is 11.7 Å². The van der Waals surface area contributed by atoms with Crippen LogP contribution in [-0.2, 0) is 4.79 Å². The zero-order valence-corrected chi connectivity index (χ0v) is 21.7. The fourth-order valence-corrected chi connectivity index (χ4v) is 4.82. The summed E-state index contributed by atoms with van der Waals surface area (Å²) in [6.07, 6.45) is 0.765. The average molecular weight is 520 g/mol. The second-order valence-corrected chi connectivity index (χ2v) is 9.91. The zero-order chi connectivity index (χ0) is 26.7. The van der Waals surface area contributed by atoms with E-state index >= 15 is 0 Å². The number of carbonyl (C=O) groups is 3. The molecule has 0 aliphatic rings. The summed E-state index contributed by atoms with van der Waals surface area (Å²) in [5, 5.41) is 4.58. The molecule has 0 fully saturated rings. The lowest BCUT2D eigenvalue weighted by Gasteiger charge is -2.30. The number of primary amides is 1. The van der Waals surface area contributed by atoms with E-state index in [9.17, 15) is 14.4 Å². The molecule has 5 N–H and O–H groups in total. The summed E-state index contributed by atoms with van der Waals surface area (Å²) in [7, 11) is 0. The second-order valence-electron chi connectivity index (χ2n) is 9.14. The maximum atomic E-state index is 14.2. The number of aryl methyl sites for hydroxylation is 1. The van der Waals surface area contributed by atoms with E-state index in [1.807, 2.05) is 36.4 Å². The van der Waals surface area contributed by atoms with Crippen molar-refractivity contribution in [2.45, 2.75) is 33.2 Å². The van der Waals surface area contributed by atoms with Crippen molar-refractivity contribution in [1.29, 1.82) is 0 Å². The number of rotatable bonds is 9. The van der Waals surface area contributed by atoms with Crippen LogP contribution in [0.1, 0.15) is 58.0 Å². The van der Waals surface area contributed by atoms with E-state index in [4.69, 9.17) is 15.9 Å². The van der Waals surface area contributed by atoms with E-state index in [-0.39, 0.29) is 16.3 Å². The molecule has 0 radical (unpaired) electrons. The van der Waals surface area contributed by atoms with E-state index in [0.29, 0.717) is 29.7 Å². The Morgan fingerprint density at radius 3 is 2.46 bits per heavy atom. The minimum atomic E-state index is -1.15. The Morgan fingerprint density at radius 2 is 1.81 bits per heavy atom. The van der Waals surface area contributed by atoms with Crippen LogP contribution in [0.15, 0.2) is 59.0 Å². The van der Waals surface area contributed by atoms with Crippen LogP contribution in [-0.4, -0.2) is 28.6 Å². The molecule has 2 aromatic heterocycles. The fourth-order valence-electron chi connectivity index (χ4n) is 4.08. The standard InChI is InChI=1S/C27H29N5O4S/c1-15(2)13-14-30-26(34)23(20-12-11-16(3)36-20)32(19-10-6-8-17-7-4-5-9-18(17)19)27(35)24-21(28)22(25(29)33)31-37-24/h4-12,15,23H,13-14,28H2,1-3H3,(H2,29,33)(H,30,34). The summed E-state index contributed by atoms with van der Waals surface area (Å²) in [5.41, 5.74) is 11.7. The lowest BCUT2D eigenvalue weighted by atomic mass is 10.0. The Labute approximate surface area is 218 Å². The van der Waals surface area contributed by atoms with Crippen molar-refractivity contribution in [1.82, 2.24) is 9.69 Å². The summed E-state index contributed by atoms with van der Waals surface area (Å²) in [6, 6.07) is 15.3. The predicted octanol–water partition coefficient (Wildman–Crippen LogP) is 4.43. The lowest BCUT2D eigenvalue weighted by Crippen LogP contribution is -2.44. The van der Waals surface area contributed by atoms with Crippen LogP contribution in [0.25, 0.3) is 10.8 Å². The Kier molecular flexibility index (Phi) is 7.58. The minimum Gasteiger partial charge on any atom is -0.464 e. The maximum absolute atomic E-state index is 14.2. The smallest absolute Gasteiger partial charge is 0.273 e. The third-order valence-electron chi connectivity index (χ3n) is 5.96. The van der Waals surface area contributed by atoms with Crippen molar-refractivity contribution in [2.75, 3.05) is 17.2 Å². The molecule has 9 nitrogen and oxygen atoms in total. The van der Waals surface area contributed by atoms with Gasteiger partial charge in [0.2, 0.25) is 0 Å². The third-order valence-corrected chi connectivity index (χ3v) is 6.81. The molecule has 10 heteroatoms. The molecule has 0 saturated heterocycles. The molecule has 0 bridgehead atoms. The minimum absolute atomic E-state index is 0.00462. The highest BCUT2D eigenvalue weighted by Crippen LogP contribution is 2.37. The van der Waals surface area contributed by atoms with Gasteiger partial charge in [0.05, 0.1) is 11.4 Å². The summed E-state index contributed by atoms with van der Waals surface area (Å²) in [5.74, 6) is -0.585. The van der Waals surface area contributed by atoms with E-state index in [2.05, 4.69) is 23.5 Å². The molecule has 2 aromatic carbocycles. The van der Waals surface area contributed by atoms with Crippen LogP contribution in [0.3, 0.4) is 0 Å². The first-order chi connectivity index (χ1) is 17.7. The number of nitrogen functional groups attached to an aromatic ring is 1. The van der Waals surface area contributed by atoms with Crippen molar-refractivity contribution < 1.29 is 18.8 Å². The van der Waals surface area contributed by atoms with Crippen molar-refractivity contribution in [3.8, 4) is 0 Å². The summed E-state index contributed by atoms with van der Waals surface area (Å²) in [4.78, 5) is 41.1. The highest BCUT2D eigenvalue weighted by molar-refractivity contribution is 7.09. The number of amides is 3. The molecule has 0 aliphatic heterocycles. The topological polar surface area (TPSA) is 145 Å². The van der Waals surface area contributed by atoms with Crippen LogP contribution in [0, 0.1) is 12.8 Å². The van der Waals surface area contributed by atoms with Crippen LogP contribution in [0.2, 0.25) is 0 Å². The molecule has 37 heavy (non-hydrogen) atoms. The van der Waals surface area contributed by atoms with Gasteiger partial charge in [-0.2, -0.15) is 4.37 Å². The molecular formula is C27H29N5O4S. The van der Waals surface area contributed by atoms with E-state index in [1.165, 1.54) is 4.90 Å². The summed E-state index contributed by atoms with van der Waals surface area (Å²) < 4.78 is 9.89. The molecule has 192 valence electrons. The fraction of sp³-hybridized carbons (Fsp3) is 0.259. The molecule has 3 amide bonds. The number of carbonyl (C=O) groups excluding carboxylic acids is 3. The molecule has 0 aliphatic carbocycles. The molecule has 1 atom stereocenters. The number of hydrogen-bond donors (Lipinski definition) is 3. The molecule has 1 unspecified atom stereocenters. The zero-order valence-electron chi connectivity index (χ0n) is 20.9. The molecule has 2 heterocycles. The number of aromatic nitrogens is 1. The average Bonchev–Trinajstić information content (AvgIpc) is 3.46. The molecule has 0 saturated carbocycles. The number of nitrogens with two attached hydrogens (primary N) is 2. The predicted molar refractivity (Wildman–Crippen MR) is 144 cm³/mol. The van der Waals surface area contributed by atoms with E-state index in [1.54, 1.807) is 25.1 Å². The monoisotopic (exact) mass is 519 g/mol. The number of anilines is 2. The van der Waals surface area contributed by atoms with Gasteiger partial charge in [-0.15, -0.1) is 0 Å². The quantitative estimate of drug-likeness (QED) is 0.298. The molecule has 0 spiro atoms. The Bertz CT molecular complexity index is 1450. The van der Waals surface area contributed by atoms with E-state index in [0.717, 1.165) is 28.7 Å². The van der Waals surface area contributed by atoms with Crippen LogP contribution >= 0.6 is 11.5 Å². The number of hydrogen-bond acceptors (Lipinski definition) is 7. The van der Waals surface area contributed by atoms with Gasteiger partial charge < -0.3 is 21.2 Å². The van der Waals surface area contributed by atoms with E-state index < -0.39 is 23.8 Å². The Morgan fingerprint density at radius 1 is 1.08 bits per heavy atom. The van der Waals surface area contributed by atoms with Gasteiger partial charge in [0, 0.05) is 11.9 Å². The SMILES string of the molecule is Cc1ccc(C(C(=O)NCCC(C)C)N(C(=O)c2snc(C(N)=O)c2N)c2cccc3ccccc23)o1. The number of fused-ring (bicyclic) bond motifs is 1. The summed E-state index contributed by atoms with van der Waals surface area (Å²) in [6.45, 7) is 6.32. The van der Waals surface area contributed by atoms with Gasteiger partial charge in [0.15, 0.2) is 11.7 Å². The number of benzene rings is 2. The van der Waals surface area contributed by atoms with Gasteiger partial charge in [-0.05, 0) is 54.4 Å². The highest BCUT2D eigenvalue weighted by atomic mass is 32.1. The highest BCUT2D eigenvalue weighted by Gasteiger charge is 2.38. The Balaban J connectivity index is 1.91. The normalized spacial score (nSPS) is 12.0. The van der Waals surface area contributed by atoms with Gasteiger partial charge in [-0.25, -0.2) is 0 Å². The molecule has 4 aromatic rings. The first-order valence-electron chi connectivity index (χ1n) is 11.9. The van der Waals surface area contributed by atoms with Crippen molar-refractivity contribution >= 4 is 51.4 Å². The van der Waals surface area contributed by atoms with Gasteiger partial charge in [-0.1, -0.05) is 50.2 Å². The summed E-state index contributed by atoms with van der Waals surface area (Å²) >= 11 is 0.763. The van der Waals surface area contributed by atoms with Crippen LogP contribution < -0.4 is 21.7 Å². The first kappa shape index (κ1) is 25.9. The van der Waals surface area contributed by atoms with Crippen molar-refractivity contribution in [3.63, 3.8) is 0 Å². The van der Waals surface area contributed by atoms with Gasteiger partial charge in [0.1, 0.15) is 16.4 Å². The number of furan rings is 1. The molecule has 4 rings (SSSR count). The maximum Gasteiger partial charge on any atom is 0.273 e. The van der Waals surface area contributed by atoms with Crippen LogP contribution in [0.5, 0.6) is 0 Å².